The molecule has 152 valence electrons. The fraction of sp³-hybridized carbons (Fsp3) is 0.231. The normalized spacial score (nSPS) is 11.2. The van der Waals surface area contributed by atoms with Gasteiger partial charge in [0.15, 0.2) is 0 Å². The lowest BCUT2D eigenvalue weighted by atomic mass is 10.1. The summed E-state index contributed by atoms with van der Waals surface area (Å²) in [6.45, 7) is 8.76. The second kappa shape index (κ2) is 9.28. The lowest BCUT2D eigenvalue weighted by Crippen LogP contribution is -2.26. The smallest absolute Gasteiger partial charge is 0.261 e. The fourth-order valence-corrected chi connectivity index (χ4v) is 3.65. The van der Waals surface area contributed by atoms with E-state index in [2.05, 4.69) is 41.9 Å². The Bertz CT molecular complexity index is 1130. The summed E-state index contributed by atoms with van der Waals surface area (Å²) < 4.78 is 2.18. The van der Waals surface area contributed by atoms with Crippen molar-refractivity contribution in [3.05, 3.63) is 93.8 Å². The molecule has 1 heterocycles. The summed E-state index contributed by atoms with van der Waals surface area (Å²) in [5.41, 5.74) is 7.78. The van der Waals surface area contributed by atoms with Crippen LogP contribution in [-0.2, 0) is 11.2 Å². The van der Waals surface area contributed by atoms with E-state index in [4.69, 9.17) is 0 Å². The van der Waals surface area contributed by atoms with Gasteiger partial charge in [-0.15, -0.1) is 0 Å². The van der Waals surface area contributed by atoms with E-state index in [9.17, 15) is 10.1 Å². The standard InChI is InChI=1S/C26H27N3O/c1-18-9-8-12-25(20(18)3)29-19(2)15-23(21(29)4)16-24(17-27)26(30)28-14-13-22-10-6-5-7-11-22/h5-12,15-16H,13-14H2,1-4H3,(H,28,30)/b24-16+. The topological polar surface area (TPSA) is 57.8 Å². The molecule has 3 aromatic rings. The molecule has 30 heavy (non-hydrogen) atoms. The average Bonchev–Trinajstić information content (AvgIpc) is 3.02. The Morgan fingerprint density at radius 1 is 1.07 bits per heavy atom. The molecule has 0 aliphatic carbocycles. The van der Waals surface area contributed by atoms with Crippen molar-refractivity contribution in [2.45, 2.75) is 34.1 Å². The van der Waals surface area contributed by atoms with Gasteiger partial charge in [-0.25, -0.2) is 0 Å². The molecule has 4 heteroatoms. The Balaban J connectivity index is 1.81. The SMILES string of the molecule is Cc1cccc(-n2c(C)cc(/C=C(\C#N)C(=O)NCCc3ccccc3)c2C)c1C. The van der Waals surface area contributed by atoms with Crippen LogP contribution in [0.3, 0.4) is 0 Å². The van der Waals surface area contributed by atoms with Gasteiger partial charge in [-0.1, -0.05) is 42.5 Å². The van der Waals surface area contributed by atoms with Crippen LogP contribution in [0.5, 0.6) is 0 Å². The van der Waals surface area contributed by atoms with Crippen molar-refractivity contribution in [2.24, 2.45) is 0 Å². The van der Waals surface area contributed by atoms with Crippen molar-refractivity contribution in [3.8, 4) is 11.8 Å². The van der Waals surface area contributed by atoms with E-state index in [1.54, 1.807) is 6.08 Å². The number of amides is 1. The quantitative estimate of drug-likeness (QED) is 0.471. The molecule has 0 saturated heterocycles. The van der Waals surface area contributed by atoms with Crippen LogP contribution in [0.1, 0.15) is 33.6 Å². The van der Waals surface area contributed by atoms with E-state index in [1.165, 1.54) is 11.1 Å². The summed E-state index contributed by atoms with van der Waals surface area (Å²) in [7, 11) is 0. The Hall–Kier alpha value is -3.58. The van der Waals surface area contributed by atoms with E-state index < -0.39 is 0 Å². The van der Waals surface area contributed by atoms with E-state index >= 15 is 0 Å². The zero-order valence-electron chi connectivity index (χ0n) is 18.0. The van der Waals surface area contributed by atoms with Crippen molar-refractivity contribution in [1.29, 1.82) is 5.26 Å². The number of carbonyl (C=O) groups is 1. The van der Waals surface area contributed by atoms with Crippen LogP contribution in [-0.4, -0.2) is 17.0 Å². The van der Waals surface area contributed by atoms with E-state index in [-0.39, 0.29) is 11.5 Å². The summed E-state index contributed by atoms with van der Waals surface area (Å²) in [5, 5.41) is 12.4. The third-order valence-corrected chi connectivity index (χ3v) is 5.49. The molecule has 0 saturated carbocycles. The molecule has 0 aliphatic heterocycles. The first-order chi connectivity index (χ1) is 14.4. The third-order valence-electron chi connectivity index (χ3n) is 5.49. The number of hydrogen-bond acceptors (Lipinski definition) is 2. The van der Waals surface area contributed by atoms with Crippen LogP contribution in [0, 0.1) is 39.0 Å². The summed E-state index contributed by atoms with van der Waals surface area (Å²) in [6.07, 6.45) is 2.41. The predicted octanol–water partition coefficient (Wildman–Crippen LogP) is 4.98. The van der Waals surface area contributed by atoms with Crippen LogP contribution >= 0.6 is 0 Å². The number of hydrogen-bond donors (Lipinski definition) is 1. The molecule has 0 unspecified atom stereocenters. The number of nitrogens with zero attached hydrogens (tertiary/aromatic N) is 2. The van der Waals surface area contributed by atoms with E-state index in [1.807, 2.05) is 56.3 Å². The maximum absolute atomic E-state index is 12.5. The van der Waals surface area contributed by atoms with Crippen molar-refractivity contribution in [2.75, 3.05) is 6.54 Å². The van der Waals surface area contributed by atoms with Gasteiger partial charge in [-0.3, -0.25) is 4.79 Å². The van der Waals surface area contributed by atoms with Crippen LogP contribution < -0.4 is 5.32 Å². The van der Waals surface area contributed by atoms with Gasteiger partial charge in [0.1, 0.15) is 11.6 Å². The second-order valence-electron chi connectivity index (χ2n) is 7.54. The minimum atomic E-state index is -0.343. The highest BCUT2D eigenvalue weighted by atomic mass is 16.1. The van der Waals surface area contributed by atoms with Crippen molar-refractivity contribution in [1.82, 2.24) is 9.88 Å². The molecule has 0 aliphatic rings. The highest BCUT2D eigenvalue weighted by Crippen LogP contribution is 2.26. The van der Waals surface area contributed by atoms with E-state index in [0.717, 1.165) is 34.6 Å². The number of nitriles is 1. The van der Waals surface area contributed by atoms with Crippen molar-refractivity contribution in [3.63, 3.8) is 0 Å². The summed E-state index contributed by atoms with van der Waals surface area (Å²) in [4.78, 5) is 12.5. The van der Waals surface area contributed by atoms with Crippen LogP contribution in [0.15, 0.2) is 60.2 Å². The lowest BCUT2D eigenvalue weighted by Gasteiger charge is -2.14. The number of carbonyl (C=O) groups excluding carboxylic acids is 1. The minimum absolute atomic E-state index is 0.115. The summed E-state index contributed by atoms with van der Waals surface area (Å²) >= 11 is 0. The van der Waals surface area contributed by atoms with Gasteiger partial charge in [0, 0.05) is 23.6 Å². The maximum Gasteiger partial charge on any atom is 0.261 e. The molecule has 3 rings (SSSR count). The van der Waals surface area contributed by atoms with Gasteiger partial charge in [0.25, 0.3) is 5.91 Å². The molecule has 0 spiro atoms. The lowest BCUT2D eigenvalue weighted by molar-refractivity contribution is -0.117. The molecule has 0 bridgehead atoms. The monoisotopic (exact) mass is 397 g/mol. The zero-order valence-corrected chi connectivity index (χ0v) is 18.0. The molecule has 2 aromatic carbocycles. The summed E-state index contributed by atoms with van der Waals surface area (Å²) in [6, 6.07) is 20.3. The molecule has 4 nitrogen and oxygen atoms in total. The molecule has 1 aromatic heterocycles. The van der Waals surface area contributed by atoms with E-state index in [0.29, 0.717) is 6.54 Å². The van der Waals surface area contributed by atoms with Gasteiger partial charge < -0.3 is 9.88 Å². The molecular weight excluding hydrogens is 370 g/mol. The molecule has 0 fully saturated rings. The summed E-state index contributed by atoms with van der Waals surface area (Å²) in [5.74, 6) is -0.343. The Kier molecular flexibility index (Phi) is 6.54. The highest BCUT2D eigenvalue weighted by molar-refractivity contribution is 6.01. The Labute approximate surface area is 178 Å². The molecule has 1 N–H and O–H groups in total. The third kappa shape index (κ3) is 4.52. The van der Waals surface area contributed by atoms with Gasteiger partial charge >= 0.3 is 0 Å². The van der Waals surface area contributed by atoms with Crippen LogP contribution in [0.4, 0.5) is 0 Å². The number of benzene rings is 2. The highest BCUT2D eigenvalue weighted by Gasteiger charge is 2.15. The molecule has 0 atom stereocenters. The average molecular weight is 398 g/mol. The van der Waals surface area contributed by atoms with Crippen LogP contribution in [0.2, 0.25) is 0 Å². The Morgan fingerprint density at radius 3 is 2.50 bits per heavy atom. The molecular formula is C26H27N3O. The Morgan fingerprint density at radius 2 is 1.80 bits per heavy atom. The first-order valence-corrected chi connectivity index (χ1v) is 10.1. The molecule has 0 radical (unpaired) electrons. The second-order valence-corrected chi connectivity index (χ2v) is 7.54. The predicted molar refractivity (Wildman–Crippen MR) is 121 cm³/mol. The van der Waals surface area contributed by atoms with Gasteiger partial charge in [-0.2, -0.15) is 5.26 Å². The minimum Gasteiger partial charge on any atom is -0.351 e. The number of rotatable bonds is 6. The number of nitrogens with one attached hydrogen (secondary N) is 1. The van der Waals surface area contributed by atoms with Gasteiger partial charge in [0.2, 0.25) is 0 Å². The van der Waals surface area contributed by atoms with Crippen LogP contribution in [0.25, 0.3) is 11.8 Å². The first-order valence-electron chi connectivity index (χ1n) is 10.1. The molecule has 1 amide bonds. The first kappa shape index (κ1) is 21.1. The van der Waals surface area contributed by atoms with Crippen molar-refractivity contribution < 1.29 is 4.79 Å². The zero-order chi connectivity index (χ0) is 21.7. The van der Waals surface area contributed by atoms with Crippen molar-refractivity contribution >= 4 is 12.0 Å². The number of aryl methyl sites for hydroxylation is 2. The fourth-order valence-electron chi connectivity index (χ4n) is 3.65. The van der Waals surface area contributed by atoms with Gasteiger partial charge in [-0.05, 0) is 74.6 Å². The largest absolute Gasteiger partial charge is 0.351 e. The maximum atomic E-state index is 12.5. The number of aromatic nitrogens is 1. The van der Waals surface area contributed by atoms with Gasteiger partial charge in [0.05, 0.1) is 0 Å².